The van der Waals surface area contributed by atoms with Gasteiger partial charge in [-0.1, -0.05) is 36.4 Å². The average Bonchev–Trinajstić information content (AvgIpc) is 2.97. The number of urea groups is 1. The van der Waals surface area contributed by atoms with E-state index < -0.39 is 59.2 Å². The highest BCUT2D eigenvalue weighted by atomic mass is 19.4. The summed E-state index contributed by atoms with van der Waals surface area (Å²) in [4.78, 5) is 24.2. The molecule has 1 unspecified atom stereocenters. The summed E-state index contributed by atoms with van der Waals surface area (Å²) in [6.45, 7) is -1.81. The summed E-state index contributed by atoms with van der Waals surface area (Å²) in [7, 11) is 1.25. The number of carbonyl (C=O) groups is 2. The lowest BCUT2D eigenvalue weighted by molar-refractivity contribution is -0.141. The molecule has 0 saturated carbocycles. The molecule has 0 aliphatic carbocycles. The van der Waals surface area contributed by atoms with Gasteiger partial charge in [-0.3, -0.25) is 4.79 Å². The van der Waals surface area contributed by atoms with Crippen molar-refractivity contribution < 1.29 is 54.2 Å². The van der Waals surface area contributed by atoms with E-state index in [0.29, 0.717) is 37.0 Å². The third-order valence-electron chi connectivity index (χ3n) is 6.74. The normalized spacial score (nSPS) is 13.1. The number of amides is 2. The average molecular weight is 647 g/mol. The quantitative estimate of drug-likeness (QED) is 0.115. The second-order valence-corrected chi connectivity index (χ2v) is 10.1. The molecule has 0 aromatic heterocycles. The van der Waals surface area contributed by atoms with Crippen molar-refractivity contribution in [1.82, 2.24) is 10.6 Å². The second-order valence-electron chi connectivity index (χ2n) is 10.1. The van der Waals surface area contributed by atoms with Crippen LogP contribution in [0.3, 0.4) is 0 Å². The van der Waals surface area contributed by atoms with Crippen LogP contribution >= 0.6 is 0 Å². The van der Waals surface area contributed by atoms with E-state index in [1.807, 2.05) is 0 Å². The van der Waals surface area contributed by atoms with Crippen LogP contribution in [0.1, 0.15) is 47.9 Å². The maximum absolute atomic E-state index is 14.9. The highest BCUT2D eigenvalue weighted by Crippen LogP contribution is 2.39. The van der Waals surface area contributed by atoms with E-state index in [4.69, 9.17) is 4.74 Å². The van der Waals surface area contributed by atoms with Crippen molar-refractivity contribution in [3.05, 3.63) is 101 Å². The number of ether oxygens (including phenoxy) is 2. The molecule has 244 valence electrons. The minimum atomic E-state index is -5.03. The van der Waals surface area contributed by atoms with Crippen molar-refractivity contribution in [2.24, 2.45) is 0 Å². The summed E-state index contributed by atoms with van der Waals surface area (Å²) in [6.07, 6.45) is -8.71. The molecule has 0 radical (unpaired) electrons. The SMILES string of the molecule is COC(=O)CCCCCOc1cc(C(Cc2ccccc2)(NC(=O)NCC(F)(F)F)c2cc(F)cc(C(F)(F)F)c2)ccc1F. The van der Waals surface area contributed by atoms with E-state index in [1.165, 1.54) is 7.11 Å². The Morgan fingerprint density at radius 2 is 1.49 bits per heavy atom. The first-order valence-corrected chi connectivity index (χ1v) is 13.7. The van der Waals surface area contributed by atoms with Gasteiger partial charge in [0.25, 0.3) is 0 Å². The fourth-order valence-electron chi connectivity index (χ4n) is 4.59. The van der Waals surface area contributed by atoms with Gasteiger partial charge in [-0.25, -0.2) is 13.6 Å². The van der Waals surface area contributed by atoms with E-state index in [2.05, 4.69) is 10.1 Å². The maximum Gasteiger partial charge on any atom is 0.416 e. The standard InChI is InChI=1S/C31H30F8N2O4/c1-44-27(42)10-6-3-7-13-45-26-17-21(11-12-25(26)33)29(18-20-8-4-2-5-9-20,41-28(43)40-19-30(34,35)36)22-14-23(31(37,38)39)16-24(32)15-22/h2,4-5,8-9,11-12,14-17H,3,6-7,10,13,18-19H2,1H3,(H2,40,41,43). The summed E-state index contributed by atoms with van der Waals surface area (Å²) < 4.78 is 120. The molecule has 3 aromatic rings. The molecule has 0 aliphatic rings. The summed E-state index contributed by atoms with van der Waals surface area (Å²) in [5.74, 6) is -2.98. The fourth-order valence-corrected chi connectivity index (χ4v) is 4.59. The lowest BCUT2D eigenvalue weighted by Gasteiger charge is -2.37. The molecule has 1 atom stereocenters. The van der Waals surface area contributed by atoms with Gasteiger partial charge in [0.2, 0.25) is 0 Å². The third kappa shape index (κ3) is 10.4. The van der Waals surface area contributed by atoms with E-state index in [9.17, 15) is 44.7 Å². The van der Waals surface area contributed by atoms with Crippen molar-refractivity contribution >= 4 is 12.0 Å². The van der Waals surface area contributed by atoms with E-state index in [1.54, 1.807) is 35.6 Å². The molecule has 0 fully saturated rings. The number of nitrogens with one attached hydrogen (secondary N) is 2. The first-order chi connectivity index (χ1) is 21.1. The van der Waals surface area contributed by atoms with Crippen LogP contribution in [0.5, 0.6) is 5.75 Å². The number of carbonyl (C=O) groups excluding carboxylic acids is 2. The Balaban J connectivity index is 2.12. The summed E-state index contributed by atoms with van der Waals surface area (Å²) in [5, 5.41) is 3.96. The Morgan fingerprint density at radius 1 is 0.800 bits per heavy atom. The predicted octanol–water partition coefficient (Wildman–Crippen LogP) is 7.44. The molecule has 0 aliphatic heterocycles. The first kappa shape index (κ1) is 35.1. The fraction of sp³-hybridized carbons (Fsp3) is 0.355. The van der Waals surface area contributed by atoms with E-state index in [0.717, 1.165) is 18.2 Å². The molecule has 0 saturated heterocycles. The van der Waals surface area contributed by atoms with Gasteiger partial charge in [-0.2, -0.15) is 26.3 Å². The molecule has 6 nitrogen and oxygen atoms in total. The van der Waals surface area contributed by atoms with E-state index in [-0.39, 0.29) is 36.8 Å². The van der Waals surface area contributed by atoms with Gasteiger partial charge < -0.3 is 20.1 Å². The summed E-state index contributed by atoms with van der Waals surface area (Å²) >= 11 is 0. The Kier molecular flexibility index (Phi) is 11.8. The van der Waals surface area contributed by atoms with Crippen molar-refractivity contribution in [2.45, 2.75) is 50.0 Å². The molecule has 3 aromatic carbocycles. The zero-order chi connectivity index (χ0) is 33.3. The van der Waals surface area contributed by atoms with Gasteiger partial charge in [-0.15, -0.1) is 0 Å². The monoisotopic (exact) mass is 646 g/mol. The van der Waals surface area contributed by atoms with Gasteiger partial charge in [0, 0.05) is 12.8 Å². The Hall–Kier alpha value is -4.36. The number of benzene rings is 3. The highest BCUT2D eigenvalue weighted by Gasteiger charge is 2.41. The van der Waals surface area contributed by atoms with Crippen LogP contribution in [0.25, 0.3) is 0 Å². The van der Waals surface area contributed by atoms with Crippen LogP contribution in [0.4, 0.5) is 39.9 Å². The van der Waals surface area contributed by atoms with Crippen molar-refractivity contribution in [1.29, 1.82) is 0 Å². The zero-order valence-electron chi connectivity index (χ0n) is 24.0. The van der Waals surface area contributed by atoms with Crippen LogP contribution in [0, 0.1) is 11.6 Å². The van der Waals surface area contributed by atoms with Crippen molar-refractivity contribution in [2.75, 3.05) is 20.3 Å². The largest absolute Gasteiger partial charge is 0.491 e. The van der Waals surface area contributed by atoms with Gasteiger partial charge in [0.05, 0.1) is 24.8 Å². The van der Waals surface area contributed by atoms with Gasteiger partial charge >= 0.3 is 24.4 Å². The van der Waals surface area contributed by atoms with Gasteiger partial charge in [0.15, 0.2) is 11.6 Å². The van der Waals surface area contributed by atoms with Crippen LogP contribution in [0.15, 0.2) is 66.7 Å². The molecule has 45 heavy (non-hydrogen) atoms. The number of rotatable bonds is 13. The predicted molar refractivity (Wildman–Crippen MR) is 147 cm³/mol. The number of esters is 1. The molecule has 2 N–H and O–H groups in total. The summed E-state index contributed by atoms with van der Waals surface area (Å²) in [6, 6.07) is 11.1. The molecule has 0 spiro atoms. The number of methoxy groups -OCH3 is 1. The lowest BCUT2D eigenvalue weighted by atomic mass is 9.77. The van der Waals surface area contributed by atoms with Crippen molar-refractivity contribution in [3.63, 3.8) is 0 Å². The Bertz CT molecular complexity index is 1450. The molecule has 0 bridgehead atoms. The minimum absolute atomic E-state index is 0.0368. The zero-order valence-corrected chi connectivity index (χ0v) is 24.0. The van der Waals surface area contributed by atoms with Crippen LogP contribution in [-0.2, 0) is 27.7 Å². The second kappa shape index (κ2) is 15.1. The maximum atomic E-state index is 14.9. The number of alkyl halides is 6. The number of hydrogen-bond acceptors (Lipinski definition) is 4. The highest BCUT2D eigenvalue weighted by molar-refractivity contribution is 5.76. The number of halogens is 8. The van der Waals surface area contributed by atoms with E-state index >= 15 is 0 Å². The Labute approximate surface area is 253 Å². The smallest absolute Gasteiger partial charge is 0.416 e. The van der Waals surface area contributed by atoms with Gasteiger partial charge in [-0.05, 0) is 66.3 Å². The molecular formula is C31H30F8N2O4. The number of unbranched alkanes of at least 4 members (excludes halogenated alkanes) is 2. The number of hydrogen-bond donors (Lipinski definition) is 2. The van der Waals surface area contributed by atoms with Crippen LogP contribution in [-0.4, -0.2) is 38.4 Å². The molecular weight excluding hydrogens is 616 g/mol. The summed E-state index contributed by atoms with van der Waals surface area (Å²) in [5.41, 5.74) is -3.76. The molecule has 0 heterocycles. The van der Waals surface area contributed by atoms with Gasteiger partial charge in [0.1, 0.15) is 12.4 Å². The lowest BCUT2D eigenvalue weighted by Crippen LogP contribution is -2.53. The Morgan fingerprint density at radius 3 is 2.13 bits per heavy atom. The minimum Gasteiger partial charge on any atom is -0.491 e. The third-order valence-corrected chi connectivity index (χ3v) is 6.74. The topological polar surface area (TPSA) is 76.7 Å². The molecule has 2 amide bonds. The first-order valence-electron chi connectivity index (χ1n) is 13.7. The van der Waals surface area contributed by atoms with Crippen LogP contribution in [0.2, 0.25) is 0 Å². The molecule has 3 rings (SSSR count). The van der Waals surface area contributed by atoms with Crippen LogP contribution < -0.4 is 15.4 Å². The van der Waals surface area contributed by atoms with Crippen molar-refractivity contribution in [3.8, 4) is 5.75 Å². The molecule has 14 heteroatoms.